The van der Waals surface area contributed by atoms with Crippen LogP contribution in [0.15, 0.2) is 53.6 Å². The van der Waals surface area contributed by atoms with E-state index in [1.54, 1.807) is 24.1 Å². The Morgan fingerprint density at radius 3 is 2.62 bits per heavy atom. The number of nitrogens with zero attached hydrogens (tertiary/aromatic N) is 4. The highest BCUT2D eigenvalue weighted by molar-refractivity contribution is 8.00. The fraction of sp³-hybridized carbons (Fsp3) is 0.375. The summed E-state index contributed by atoms with van der Waals surface area (Å²) >= 11 is 1.43. The molecule has 1 aromatic heterocycles. The van der Waals surface area contributed by atoms with Gasteiger partial charge in [0.2, 0.25) is 5.91 Å². The minimum Gasteiger partial charge on any atom is -0.379 e. The maximum atomic E-state index is 13.2. The number of halogens is 1. The third-order valence-electron chi connectivity index (χ3n) is 5.74. The van der Waals surface area contributed by atoms with Gasteiger partial charge in [-0.15, -0.1) is 0 Å². The molecule has 2 aromatic carbocycles. The van der Waals surface area contributed by atoms with Gasteiger partial charge in [0.15, 0.2) is 0 Å². The second-order valence-electron chi connectivity index (χ2n) is 7.87. The molecule has 0 radical (unpaired) electrons. The van der Waals surface area contributed by atoms with E-state index in [0.717, 1.165) is 53.6 Å². The van der Waals surface area contributed by atoms with Crippen LogP contribution in [-0.2, 0) is 16.1 Å². The first-order valence-corrected chi connectivity index (χ1v) is 11.7. The summed E-state index contributed by atoms with van der Waals surface area (Å²) in [5.74, 6) is 0.729. The van der Waals surface area contributed by atoms with Crippen LogP contribution in [0.5, 0.6) is 0 Å². The average molecular weight is 455 g/mol. The van der Waals surface area contributed by atoms with Crippen LogP contribution in [0.1, 0.15) is 24.4 Å². The molecule has 1 atom stereocenters. The van der Waals surface area contributed by atoms with Crippen molar-refractivity contribution in [1.29, 1.82) is 0 Å². The third kappa shape index (κ3) is 5.43. The summed E-state index contributed by atoms with van der Waals surface area (Å²) in [7, 11) is 1.78. The Morgan fingerprint density at radius 1 is 1.16 bits per heavy atom. The molecule has 1 saturated heterocycles. The molecule has 0 aliphatic carbocycles. The van der Waals surface area contributed by atoms with Crippen LogP contribution in [0.3, 0.4) is 0 Å². The van der Waals surface area contributed by atoms with E-state index in [1.807, 2.05) is 31.2 Å². The first kappa shape index (κ1) is 22.6. The van der Waals surface area contributed by atoms with Crippen LogP contribution in [-0.4, -0.2) is 64.8 Å². The lowest BCUT2D eigenvalue weighted by Crippen LogP contribution is -2.36. The van der Waals surface area contributed by atoms with Gasteiger partial charge in [-0.2, -0.15) is 0 Å². The molecular formula is C24H27FN4O2S. The van der Waals surface area contributed by atoms with E-state index in [1.165, 1.54) is 23.9 Å². The lowest BCUT2D eigenvalue weighted by Gasteiger charge is -2.26. The Hall–Kier alpha value is -2.55. The largest absolute Gasteiger partial charge is 0.379 e. The topological polar surface area (TPSA) is 58.6 Å². The van der Waals surface area contributed by atoms with Gasteiger partial charge >= 0.3 is 0 Å². The lowest BCUT2D eigenvalue weighted by atomic mass is 10.1. The second kappa shape index (κ2) is 10.4. The Morgan fingerprint density at radius 2 is 1.88 bits per heavy atom. The van der Waals surface area contributed by atoms with E-state index in [2.05, 4.69) is 4.90 Å². The SMILES string of the molecule is CC(c1ccc(F)cc1)N(C)C(=O)CSc1nc(CN2CCOCC2)nc2ccccc12. The molecule has 0 spiro atoms. The highest BCUT2D eigenvalue weighted by Gasteiger charge is 2.19. The summed E-state index contributed by atoms with van der Waals surface area (Å²) in [5, 5.41) is 1.76. The van der Waals surface area contributed by atoms with Crippen molar-refractivity contribution in [2.24, 2.45) is 0 Å². The number of hydrogen-bond donors (Lipinski definition) is 0. The van der Waals surface area contributed by atoms with Gasteiger partial charge in [0.1, 0.15) is 16.7 Å². The molecule has 1 aliphatic heterocycles. The molecule has 1 fully saturated rings. The van der Waals surface area contributed by atoms with E-state index in [-0.39, 0.29) is 23.5 Å². The maximum Gasteiger partial charge on any atom is 0.233 e. The summed E-state index contributed by atoms with van der Waals surface area (Å²) in [6.07, 6.45) is 0. The molecule has 0 saturated carbocycles. The molecule has 4 rings (SSSR count). The number of amides is 1. The number of rotatable bonds is 7. The number of benzene rings is 2. The number of para-hydroxylation sites is 1. The fourth-order valence-corrected chi connectivity index (χ4v) is 4.61. The summed E-state index contributed by atoms with van der Waals surface area (Å²) in [6, 6.07) is 14.0. The zero-order valence-corrected chi connectivity index (χ0v) is 19.1. The van der Waals surface area contributed by atoms with Crippen LogP contribution in [0.25, 0.3) is 10.9 Å². The minimum atomic E-state index is -0.283. The summed E-state index contributed by atoms with van der Waals surface area (Å²) < 4.78 is 18.6. The van der Waals surface area contributed by atoms with E-state index in [0.29, 0.717) is 6.54 Å². The summed E-state index contributed by atoms with van der Waals surface area (Å²) in [4.78, 5) is 26.4. The Labute approximate surface area is 191 Å². The number of fused-ring (bicyclic) bond motifs is 1. The van der Waals surface area contributed by atoms with E-state index in [4.69, 9.17) is 14.7 Å². The number of aromatic nitrogens is 2. The van der Waals surface area contributed by atoms with Crippen molar-refractivity contribution in [2.75, 3.05) is 39.1 Å². The number of ether oxygens (including phenoxy) is 1. The fourth-order valence-electron chi connectivity index (χ4n) is 3.65. The maximum absolute atomic E-state index is 13.2. The standard InChI is InChI=1S/C24H27FN4O2S/c1-17(18-7-9-19(25)10-8-18)28(2)23(30)16-32-24-20-5-3-4-6-21(20)26-22(27-24)15-29-11-13-31-14-12-29/h3-10,17H,11-16H2,1-2H3. The van der Waals surface area contributed by atoms with Crippen molar-refractivity contribution < 1.29 is 13.9 Å². The van der Waals surface area contributed by atoms with Crippen LogP contribution in [0.4, 0.5) is 4.39 Å². The molecule has 0 bridgehead atoms. The summed E-state index contributed by atoms with van der Waals surface area (Å²) in [5.41, 5.74) is 1.78. The number of thioether (sulfide) groups is 1. The van der Waals surface area contributed by atoms with Gasteiger partial charge in [0.25, 0.3) is 0 Å². The predicted molar refractivity (Wildman–Crippen MR) is 124 cm³/mol. The monoisotopic (exact) mass is 454 g/mol. The Bertz CT molecular complexity index is 1070. The Balaban J connectivity index is 1.47. The molecule has 2 heterocycles. The van der Waals surface area contributed by atoms with Crippen LogP contribution in [0, 0.1) is 5.82 Å². The van der Waals surface area contributed by atoms with Gasteiger partial charge in [-0.25, -0.2) is 14.4 Å². The molecule has 1 amide bonds. The molecular weight excluding hydrogens is 427 g/mol. The molecule has 168 valence electrons. The highest BCUT2D eigenvalue weighted by Crippen LogP contribution is 2.27. The van der Waals surface area contributed by atoms with Crippen molar-refractivity contribution >= 4 is 28.6 Å². The quantitative estimate of drug-likeness (QED) is 0.399. The van der Waals surface area contributed by atoms with E-state index >= 15 is 0 Å². The molecule has 1 unspecified atom stereocenters. The lowest BCUT2D eigenvalue weighted by molar-refractivity contribution is -0.128. The van der Waals surface area contributed by atoms with Gasteiger partial charge in [0, 0.05) is 25.5 Å². The minimum absolute atomic E-state index is 0.00996. The van der Waals surface area contributed by atoms with Gasteiger partial charge < -0.3 is 9.64 Å². The zero-order chi connectivity index (χ0) is 22.5. The van der Waals surface area contributed by atoms with Gasteiger partial charge in [-0.3, -0.25) is 9.69 Å². The normalized spacial score (nSPS) is 15.6. The molecule has 32 heavy (non-hydrogen) atoms. The smallest absolute Gasteiger partial charge is 0.233 e. The molecule has 3 aromatic rings. The highest BCUT2D eigenvalue weighted by atomic mass is 32.2. The van der Waals surface area contributed by atoms with Gasteiger partial charge in [-0.1, -0.05) is 42.1 Å². The number of carbonyl (C=O) groups is 1. The summed E-state index contributed by atoms with van der Waals surface area (Å²) in [6.45, 7) is 5.78. The predicted octanol–water partition coefficient (Wildman–Crippen LogP) is 3.91. The average Bonchev–Trinajstić information content (AvgIpc) is 2.82. The van der Waals surface area contributed by atoms with Gasteiger partial charge in [0.05, 0.1) is 37.1 Å². The zero-order valence-electron chi connectivity index (χ0n) is 18.3. The van der Waals surface area contributed by atoms with Crippen molar-refractivity contribution in [3.63, 3.8) is 0 Å². The third-order valence-corrected chi connectivity index (χ3v) is 6.72. The Kier molecular flexibility index (Phi) is 7.34. The second-order valence-corrected chi connectivity index (χ2v) is 8.84. The molecule has 6 nitrogen and oxygen atoms in total. The van der Waals surface area contributed by atoms with E-state index in [9.17, 15) is 9.18 Å². The van der Waals surface area contributed by atoms with E-state index < -0.39 is 0 Å². The van der Waals surface area contributed by atoms with Crippen LogP contribution in [0.2, 0.25) is 0 Å². The first-order chi connectivity index (χ1) is 15.5. The molecule has 0 N–H and O–H groups in total. The van der Waals surface area contributed by atoms with Gasteiger partial charge in [-0.05, 0) is 30.7 Å². The van der Waals surface area contributed by atoms with Crippen LogP contribution >= 0.6 is 11.8 Å². The van der Waals surface area contributed by atoms with Crippen LogP contribution < -0.4 is 0 Å². The van der Waals surface area contributed by atoms with Crippen molar-refractivity contribution in [2.45, 2.75) is 24.5 Å². The number of hydrogen-bond acceptors (Lipinski definition) is 6. The number of carbonyl (C=O) groups excluding carboxylic acids is 1. The molecule has 8 heteroatoms. The van der Waals surface area contributed by atoms with Crippen molar-refractivity contribution in [3.05, 3.63) is 65.7 Å². The first-order valence-electron chi connectivity index (χ1n) is 10.7. The van der Waals surface area contributed by atoms with Crippen molar-refractivity contribution in [3.8, 4) is 0 Å². The molecule has 1 aliphatic rings. The number of morpholine rings is 1. The van der Waals surface area contributed by atoms with Crippen molar-refractivity contribution in [1.82, 2.24) is 19.8 Å².